The van der Waals surface area contributed by atoms with Crippen molar-refractivity contribution in [1.82, 2.24) is 14.3 Å². The molecule has 7 nitrogen and oxygen atoms in total. The zero-order valence-electron chi connectivity index (χ0n) is 22.1. The highest BCUT2D eigenvalue weighted by Gasteiger charge is 2.30. The zero-order chi connectivity index (χ0) is 28.4. The van der Waals surface area contributed by atoms with Crippen LogP contribution in [0.2, 0.25) is 5.02 Å². The molecule has 0 unspecified atom stereocenters. The molecule has 2 aromatic heterocycles. The van der Waals surface area contributed by atoms with E-state index in [-0.39, 0.29) is 24.0 Å². The summed E-state index contributed by atoms with van der Waals surface area (Å²) in [6.07, 6.45) is -0.0214. The van der Waals surface area contributed by atoms with E-state index in [1.54, 1.807) is 66.3 Å². The van der Waals surface area contributed by atoms with Crippen LogP contribution in [0, 0.1) is 6.92 Å². The molecule has 4 aromatic carbocycles. The number of rotatable bonds is 4. The summed E-state index contributed by atoms with van der Waals surface area (Å²) in [6.45, 7) is 1.83. The number of fused-ring (bicyclic) bond motifs is 3. The van der Waals surface area contributed by atoms with Gasteiger partial charge in [0.15, 0.2) is 5.78 Å². The van der Waals surface area contributed by atoms with Gasteiger partial charge in [-0.1, -0.05) is 48.0 Å². The minimum Gasteiger partial charge on any atom is -0.497 e. The van der Waals surface area contributed by atoms with E-state index in [0.29, 0.717) is 66.4 Å². The Morgan fingerprint density at radius 3 is 2.37 bits per heavy atom. The first-order valence-corrected chi connectivity index (χ1v) is 13.4. The van der Waals surface area contributed by atoms with Gasteiger partial charge in [0.05, 0.1) is 24.6 Å². The number of ether oxygens (including phenoxy) is 1. The van der Waals surface area contributed by atoms with Gasteiger partial charge < -0.3 is 4.74 Å². The molecule has 0 saturated carbocycles. The molecule has 0 bridgehead atoms. The fourth-order valence-corrected chi connectivity index (χ4v) is 5.92. The molecule has 0 radical (unpaired) electrons. The van der Waals surface area contributed by atoms with E-state index in [1.807, 2.05) is 37.3 Å². The van der Waals surface area contributed by atoms with Crippen molar-refractivity contribution in [3.8, 4) is 17.0 Å². The van der Waals surface area contributed by atoms with E-state index >= 15 is 0 Å². The van der Waals surface area contributed by atoms with Crippen LogP contribution < -0.4 is 4.74 Å². The standard InChI is InChI=1S/C33H22ClN3O4/c1-18-25(26-16-21(41-2)14-15-27(26)36(18)33(40)19-10-12-20(34)13-11-19)17-29(38)37-28-9-5-8-24-30(28)31(35-37)22-6-3-4-7-23(22)32(24)39/h3-16H,17H2,1-2H3. The average Bonchev–Trinajstić information content (AvgIpc) is 3.51. The Labute approximate surface area is 239 Å². The molecular formula is C33H22ClN3O4. The number of nitrogens with zero attached hydrogens (tertiary/aromatic N) is 3. The summed E-state index contributed by atoms with van der Waals surface area (Å²) >= 11 is 6.05. The van der Waals surface area contributed by atoms with Gasteiger partial charge in [-0.2, -0.15) is 9.78 Å². The van der Waals surface area contributed by atoms with Crippen LogP contribution in [0.1, 0.15) is 42.3 Å². The topological polar surface area (TPSA) is 83.2 Å². The molecule has 0 aliphatic heterocycles. The average molecular weight is 560 g/mol. The summed E-state index contributed by atoms with van der Waals surface area (Å²) in [5.41, 5.74) is 5.45. The molecular weight excluding hydrogens is 538 g/mol. The van der Waals surface area contributed by atoms with Crippen molar-refractivity contribution in [2.24, 2.45) is 0 Å². The molecule has 41 heavy (non-hydrogen) atoms. The number of methoxy groups -OCH3 is 1. The van der Waals surface area contributed by atoms with Gasteiger partial charge >= 0.3 is 0 Å². The van der Waals surface area contributed by atoms with E-state index in [9.17, 15) is 14.4 Å². The Balaban J connectivity index is 1.37. The second-order valence-corrected chi connectivity index (χ2v) is 10.4. The lowest BCUT2D eigenvalue weighted by atomic mass is 9.87. The summed E-state index contributed by atoms with van der Waals surface area (Å²) in [6, 6.07) is 24.8. The van der Waals surface area contributed by atoms with Gasteiger partial charge in [-0.3, -0.25) is 19.0 Å². The van der Waals surface area contributed by atoms with Crippen LogP contribution in [0.25, 0.3) is 33.1 Å². The lowest BCUT2D eigenvalue weighted by Crippen LogP contribution is -2.17. The summed E-state index contributed by atoms with van der Waals surface area (Å²) in [7, 11) is 1.57. The van der Waals surface area contributed by atoms with Crippen molar-refractivity contribution in [3.63, 3.8) is 0 Å². The first-order valence-electron chi connectivity index (χ1n) is 13.0. The SMILES string of the molecule is COc1ccc2c(c1)c(CC(=O)n1nc3c4c(cccc41)C(=O)c1ccccc1-3)c(C)n2C(=O)c1ccc(Cl)cc1. The number of carbonyl (C=O) groups is 3. The van der Waals surface area contributed by atoms with Crippen LogP contribution in [-0.4, -0.2) is 39.1 Å². The Kier molecular flexibility index (Phi) is 5.66. The van der Waals surface area contributed by atoms with Crippen LogP contribution in [0.4, 0.5) is 0 Å². The lowest BCUT2D eigenvalue weighted by Gasteiger charge is -2.13. The Morgan fingerprint density at radius 1 is 0.878 bits per heavy atom. The number of aromatic nitrogens is 3. The predicted octanol–water partition coefficient (Wildman–Crippen LogP) is 6.74. The van der Waals surface area contributed by atoms with Crippen LogP contribution in [-0.2, 0) is 6.42 Å². The number of hydrogen-bond donors (Lipinski definition) is 0. The molecule has 0 N–H and O–H groups in total. The molecule has 1 aliphatic carbocycles. The van der Waals surface area contributed by atoms with E-state index in [2.05, 4.69) is 0 Å². The molecule has 6 aromatic rings. The third kappa shape index (κ3) is 3.73. The summed E-state index contributed by atoms with van der Waals surface area (Å²) in [4.78, 5) is 40.9. The molecule has 2 heterocycles. The van der Waals surface area contributed by atoms with Gasteiger partial charge in [0, 0.05) is 43.7 Å². The Morgan fingerprint density at radius 2 is 1.61 bits per heavy atom. The Hall–Kier alpha value is -5.01. The monoisotopic (exact) mass is 559 g/mol. The molecule has 0 amide bonds. The Bertz CT molecular complexity index is 2090. The van der Waals surface area contributed by atoms with Crippen molar-refractivity contribution < 1.29 is 19.1 Å². The third-order valence-corrected chi connectivity index (χ3v) is 8.03. The fourth-order valence-electron chi connectivity index (χ4n) is 5.79. The van der Waals surface area contributed by atoms with E-state index < -0.39 is 0 Å². The molecule has 1 aliphatic rings. The van der Waals surface area contributed by atoms with Crippen molar-refractivity contribution in [1.29, 1.82) is 0 Å². The second kappa shape index (κ2) is 9.28. The molecule has 0 saturated heterocycles. The first kappa shape index (κ1) is 25.0. The zero-order valence-corrected chi connectivity index (χ0v) is 22.9. The predicted molar refractivity (Wildman–Crippen MR) is 157 cm³/mol. The van der Waals surface area contributed by atoms with Gasteiger partial charge in [-0.15, -0.1) is 0 Å². The minimum absolute atomic E-state index is 0.0214. The normalized spacial score (nSPS) is 12.1. The van der Waals surface area contributed by atoms with Gasteiger partial charge in [-0.05, 0) is 61.0 Å². The van der Waals surface area contributed by atoms with E-state index in [1.165, 1.54) is 4.68 Å². The summed E-state index contributed by atoms with van der Waals surface area (Å²) < 4.78 is 8.47. The molecule has 0 atom stereocenters. The lowest BCUT2D eigenvalue weighted by molar-refractivity contribution is 0.0901. The number of carbonyl (C=O) groups excluding carboxylic acids is 3. The van der Waals surface area contributed by atoms with Crippen molar-refractivity contribution >= 4 is 51.0 Å². The second-order valence-electron chi connectivity index (χ2n) is 10.00. The molecule has 8 heteroatoms. The maximum Gasteiger partial charge on any atom is 0.262 e. The van der Waals surface area contributed by atoms with Crippen molar-refractivity contribution in [2.75, 3.05) is 7.11 Å². The number of benzene rings is 4. The quantitative estimate of drug-likeness (QED) is 0.238. The molecule has 0 spiro atoms. The minimum atomic E-state index is -0.283. The van der Waals surface area contributed by atoms with Crippen LogP contribution in [0.15, 0.2) is 84.9 Å². The van der Waals surface area contributed by atoms with Crippen molar-refractivity contribution in [3.05, 3.63) is 118 Å². The highest BCUT2D eigenvalue weighted by molar-refractivity contribution is 6.30. The van der Waals surface area contributed by atoms with Gasteiger partial charge in [-0.25, -0.2) is 0 Å². The third-order valence-electron chi connectivity index (χ3n) is 7.78. The molecule has 200 valence electrons. The largest absolute Gasteiger partial charge is 0.497 e. The number of ketones is 1. The van der Waals surface area contributed by atoms with Crippen molar-refractivity contribution in [2.45, 2.75) is 13.3 Å². The summed E-state index contributed by atoms with van der Waals surface area (Å²) in [5.74, 6) is 0.0110. The first-order chi connectivity index (χ1) is 19.9. The van der Waals surface area contributed by atoms with Gasteiger partial charge in [0.1, 0.15) is 11.4 Å². The smallest absolute Gasteiger partial charge is 0.262 e. The molecule has 0 fully saturated rings. The van der Waals surface area contributed by atoms with Crippen LogP contribution >= 0.6 is 11.6 Å². The maximum absolute atomic E-state index is 14.0. The number of hydrogen-bond acceptors (Lipinski definition) is 5. The highest BCUT2D eigenvalue weighted by atomic mass is 35.5. The number of halogens is 1. The maximum atomic E-state index is 14.0. The van der Waals surface area contributed by atoms with E-state index in [4.69, 9.17) is 21.4 Å². The highest BCUT2D eigenvalue weighted by Crippen LogP contribution is 2.39. The van der Waals surface area contributed by atoms with E-state index in [0.717, 1.165) is 5.39 Å². The van der Waals surface area contributed by atoms with Crippen LogP contribution in [0.5, 0.6) is 5.75 Å². The fraction of sp³-hybridized carbons (Fsp3) is 0.0909. The van der Waals surface area contributed by atoms with Crippen LogP contribution in [0.3, 0.4) is 0 Å². The molecule has 7 rings (SSSR count). The van der Waals surface area contributed by atoms with Gasteiger partial charge in [0.2, 0.25) is 0 Å². The van der Waals surface area contributed by atoms with Gasteiger partial charge in [0.25, 0.3) is 11.8 Å². The summed E-state index contributed by atoms with van der Waals surface area (Å²) in [5, 5.41) is 6.68.